The minimum atomic E-state index is -0.562. The number of ether oxygens (including phenoxy) is 2. The topological polar surface area (TPSA) is 116 Å². The third-order valence-electron chi connectivity index (χ3n) is 5.84. The number of nitrogens with zero attached hydrogens (tertiary/aromatic N) is 5. The lowest BCUT2D eigenvalue weighted by Gasteiger charge is -2.34. The van der Waals surface area contributed by atoms with E-state index in [4.69, 9.17) is 15.2 Å². The maximum absolute atomic E-state index is 12.1. The van der Waals surface area contributed by atoms with Crippen molar-refractivity contribution in [2.75, 3.05) is 25.1 Å². The van der Waals surface area contributed by atoms with Crippen LogP contribution < -0.4 is 20.1 Å². The summed E-state index contributed by atoms with van der Waals surface area (Å²) in [5.41, 5.74) is 8.76. The Labute approximate surface area is 193 Å². The Balaban J connectivity index is 1.51. The van der Waals surface area contributed by atoms with Gasteiger partial charge in [0.25, 0.3) is 5.91 Å². The zero-order valence-corrected chi connectivity index (χ0v) is 18.9. The minimum absolute atomic E-state index is 0.0932. The van der Waals surface area contributed by atoms with E-state index in [1.807, 2.05) is 18.2 Å². The molecule has 0 unspecified atom stereocenters. The van der Waals surface area contributed by atoms with Crippen LogP contribution >= 0.6 is 0 Å². The molecular formula is C24H28N6O3. The number of hydrogen-bond acceptors (Lipinski definition) is 8. The molecule has 9 heteroatoms. The first-order chi connectivity index (χ1) is 16.1. The lowest BCUT2D eigenvalue weighted by molar-refractivity contribution is 0.0993. The highest BCUT2D eigenvalue weighted by Crippen LogP contribution is 2.29. The number of anilines is 1. The Hall–Kier alpha value is -3.75. The lowest BCUT2D eigenvalue weighted by Crippen LogP contribution is -2.39. The number of nitrogens with two attached hydrogens (primary N) is 1. The Morgan fingerprint density at radius 2 is 1.88 bits per heavy atom. The van der Waals surface area contributed by atoms with E-state index in [2.05, 4.69) is 32.0 Å². The van der Waals surface area contributed by atoms with Crippen molar-refractivity contribution in [1.82, 2.24) is 20.2 Å². The predicted octanol–water partition coefficient (Wildman–Crippen LogP) is 2.58. The molecule has 0 bridgehead atoms. The zero-order valence-electron chi connectivity index (χ0n) is 18.9. The van der Waals surface area contributed by atoms with Gasteiger partial charge >= 0.3 is 0 Å². The first-order valence-corrected chi connectivity index (χ1v) is 11.1. The average molecular weight is 449 g/mol. The van der Waals surface area contributed by atoms with Crippen molar-refractivity contribution in [3.8, 4) is 11.6 Å². The van der Waals surface area contributed by atoms with Crippen molar-refractivity contribution in [3.05, 3.63) is 65.2 Å². The first kappa shape index (κ1) is 22.4. The van der Waals surface area contributed by atoms with Gasteiger partial charge in [-0.15, -0.1) is 10.2 Å². The third kappa shape index (κ3) is 5.19. The molecule has 3 aromatic heterocycles. The third-order valence-corrected chi connectivity index (χ3v) is 5.84. The van der Waals surface area contributed by atoms with Crippen LogP contribution in [0.1, 0.15) is 46.9 Å². The molecule has 4 rings (SSSR count). The van der Waals surface area contributed by atoms with E-state index in [-0.39, 0.29) is 11.8 Å². The number of methoxy groups -OCH3 is 1. The fraction of sp³-hybridized carbons (Fsp3) is 0.375. The second-order valence-corrected chi connectivity index (χ2v) is 7.92. The summed E-state index contributed by atoms with van der Waals surface area (Å²) in [6.07, 6.45) is 8.21. The summed E-state index contributed by atoms with van der Waals surface area (Å²) in [4.78, 5) is 22.6. The van der Waals surface area contributed by atoms with Crippen LogP contribution in [0.25, 0.3) is 0 Å². The van der Waals surface area contributed by atoms with Crippen LogP contribution in [-0.2, 0) is 12.8 Å². The SMILES string of the molecule is CCc1c(N2CCC(Oc3ccc(OC)nc3)CC2)nnc(C(N)=O)c1Cc1ccncc1. The van der Waals surface area contributed by atoms with Gasteiger partial charge < -0.3 is 20.1 Å². The van der Waals surface area contributed by atoms with Crippen LogP contribution in [0.5, 0.6) is 11.6 Å². The lowest BCUT2D eigenvalue weighted by atomic mass is 9.96. The first-order valence-electron chi connectivity index (χ1n) is 11.1. The number of primary amides is 1. The van der Waals surface area contributed by atoms with Gasteiger partial charge in [-0.2, -0.15) is 0 Å². The maximum atomic E-state index is 12.1. The van der Waals surface area contributed by atoms with Gasteiger partial charge in [0.2, 0.25) is 5.88 Å². The molecule has 0 radical (unpaired) electrons. The fourth-order valence-corrected chi connectivity index (χ4v) is 4.15. The van der Waals surface area contributed by atoms with Crippen molar-refractivity contribution < 1.29 is 14.3 Å². The van der Waals surface area contributed by atoms with Crippen molar-refractivity contribution in [2.24, 2.45) is 5.73 Å². The fourth-order valence-electron chi connectivity index (χ4n) is 4.15. The highest BCUT2D eigenvalue weighted by atomic mass is 16.5. The largest absolute Gasteiger partial charge is 0.489 e. The number of hydrogen-bond donors (Lipinski definition) is 1. The molecule has 1 aliphatic rings. The van der Waals surface area contributed by atoms with Crippen LogP contribution in [0.3, 0.4) is 0 Å². The van der Waals surface area contributed by atoms with Gasteiger partial charge in [-0.3, -0.25) is 9.78 Å². The molecule has 0 saturated carbocycles. The summed E-state index contributed by atoms with van der Waals surface area (Å²) < 4.78 is 11.2. The molecule has 0 atom stereocenters. The highest BCUT2D eigenvalue weighted by Gasteiger charge is 2.26. The van der Waals surface area contributed by atoms with Crippen LogP contribution in [0.2, 0.25) is 0 Å². The number of amides is 1. The van der Waals surface area contributed by atoms with E-state index < -0.39 is 5.91 Å². The second kappa shape index (κ2) is 10.2. The summed E-state index contributed by atoms with van der Waals surface area (Å²) in [5.74, 6) is 1.54. The van der Waals surface area contributed by atoms with Gasteiger partial charge in [0.1, 0.15) is 11.9 Å². The van der Waals surface area contributed by atoms with Gasteiger partial charge in [0.05, 0.1) is 13.3 Å². The standard InChI is InChI=1S/C24H28N6O3/c1-3-19-20(14-16-6-10-26-11-7-16)22(23(25)31)28-29-24(19)30-12-8-17(9-13-30)33-18-4-5-21(32-2)27-15-18/h4-7,10-11,15,17H,3,8-9,12-14H2,1-2H3,(H2,25,31). The Kier molecular flexibility index (Phi) is 6.97. The number of piperidine rings is 1. The monoisotopic (exact) mass is 448 g/mol. The molecule has 4 heterocycles. The smallest absolute Gasteiger partial charge is 0.269 e. The number of carbonyl (C=O) groups is 1. The minimum Gasteiger partial charge on any atom is -0.489 e. The molecule has 33 heavy (non-hydrogen) atoms. The van der Waals surface area contributed by atoms with Crippen molar-refractivity contribution in [3.63, 3.8) is 0 Å². The Bertz CT molecular complexity index is 1080. The molecule has 0 aromatic carbocycles. The second-order valence-electron chi connectivity index (χ2n) is 7.92. The molecule has 172 valence electrons. The van der Waals surface area contributed by atoms with E-state index >= 15 is 0 Å². The Morgan fingerprint density at radius 1 is 1.12 bits per heavy atom. The number of carbonyl (C=O) groups excluding carboxylic acids is 1. The zero-order chi connectivity index (χ0) is 23.2. The quantitative estimate of drug-likeness (QED) is 0.559. The molecule has 0 spiro atoms. The maximum Gasteiger partial charge on any atom is 0.269 e. The number of rotatable bonds is 8. The van der Waals surface area contributed by atoms with Crippen LogP contribution in [0.15, 0.2) is 42.9 Å². The normalized spacial score (nSPS) is 14.2. The molecule has 0 aliphatic carbocycles. The van der Waals surface area contributed by atoms with Crippen LogP contribution in [0.4, 0.5) is 5.82 Å². The predicted molar refractivity (Wildman–Crippen MR) is 124 cm³/mol. The summed E-state index contributed by atoms with van der Waals surface area (Å²) >= 11 is 0. The molecule has 9 nitrogen and oxygen atoms in total. The molecule has 1 saturated heterocycles. The van der Waals surface area contributed by atoms with Crippen molar-refractivity contribution in [2.45, 2.75) is 38.7 Å². The number of pyridine rings is 2. The van der Waals surface area contributed by atoms with E-state index in [0.29, 0.717) is 12.3 Å². The van der Waals surface area contributed by atoms with Gasteiger partial charge in [-0.1, -0.05) is 6.92 Å². The molecule has 2 N–H and O–H groups in total. The van der Waals surface area contributed by atoms with Crippen molar-refractivity contribution >= 4 is 11.7 Å². The summed E-state index contributed by atoms with van der Waals surface area (Å²) in [6.45, 7) is 3.62. The van der Waals surface area contributed by atoms with Crippen LogP contribution in [0, 0.1) is 0 Å². The van der Waals surface area contributed by atoms with E-state index in [1.165, 1.54) is 0 Å². The van der Waals surface area contributed by atoms with Gasteiger partial charge in [0.15, 0.2) is 11.5 Å². The van der Waals surface area contributed by atoms with Gasteiger partial charge in [0, 0.05) is 56.4 Å². The van der Waals surface area contributed by atoms with Crippen molar-refractivity contribution in [1.29, 1.82) is 0 Å². The molecular weight excluding hydrogens is 420 g/mol. The van der Waals surface area contributed by atoms with Gasteiger partial charge in [-0.05, 0) is 35.7 Å². The van der Waals surface area contributed by atoms with Gasteiger partial charge in [-0.25, -0.2) is 4.98 Å². The Morgan fingerprint density at radius 3 is 2.48 bits per heavy atom. The van der Waals surface area contributed by atoms with E-state index in [9.17, 15) is 4.79 Å². The molecule has 1 aliphatic heterocycles. The molecule has 1 fully saturated rings. The van der Waals surface area contributed by atoms with E-state index in [1.54, 1.807) is 31.8 Å². The summed E-state index contributed by atoms with van der Waals surface area (Å²) in [5, 5.41) is 8.65. The molecule has 1 amide bonds. The highest BCUT2D eigenvalue weighted by molar-refractivity contribution is 5.93. The average Bonchev–Trinajstić information content (AvgIpc) is 2.85. The summed E-state index contributed by atoms with van der Waals surface area (Å²) in [6, 6.07) is 7.52. The number of aromatic nitrogens is 4. The van der Waals surface area contributed by atoms with E-state index in [0.717, 1.165) is 60.6 Å². The molecule has 3 aromatic rings. The summed E-state index contributed by atoms with van der Waals surface area (Å²) in [7, 11) is 1.59. The van der Waals surface area contributed by atoms with Crippen LogP contribution in [-0.4, -0.2) is 52.4 Å².